The second kappa shape index (κ2) is 9.11. The van der Waals surface area contributed by atoms with Crippen molar-refractivity contribution in [2.45, 2.75) is 13.5 Å². The lowest BCUT2D eigenvalue weighted by Crippen LogP contribution is -2.23. The SMILES string of the molecule is CC(=O)Nc1cccc(-c2cn(CC(=O)NN=Cc3cc(Br)ccc3O)nn2)c1. The van der Waals surface area contributed by atoms with Crippen LogP contribution in [0.25, 0.3) is 11.3 Å². The molecule has 3 rings (SSSR count). The third-order valence-electron chi connectivity index (χ3n) is 3.71. The maximum Gasteiger partial charge on any atom is 0.261 e. The van der Waals surface area contributed by atoms with Crippen molar-refractivity contribution in [1.82, 2.24) is 20.4 Å². The Morgan fingerprint density at radius 2 is 2.10 bits per heavy atom. The number of halogens is 1. The Hall–Kier alpha value is -3.53. The zero-order valence-corrected chi connectivity index (χ0v) is 16.9. The van der Waals surface area contributed by atoms with Crippen LogP contribution in [0.3, 0.4) is 0 Å². The van der Waals surface area contributed by atoms with E-state index in [9.17, 15) is 14.7 Å². The molecule has 2 amide bonds. The van der Waals surface area contributed by atoms with E-state index in [1.165, 1.54) is 23.9 Å². The molecule has 0 saturated carbocycles. The third-order valence-corrected chi connectivity index (χ3v) is 4.20. The first-order chi connectivity index (χ1) is 13.9. The van der Waals surface area contributed by atoms with Gasteiger partial charge in [-0.3, -0.25) is 9.59 Å². The molecule has 3 N–H and O–H groups in total. The average Bonchev–Trinajstić information content (AvgIpc) is 3.12. The molecule has 0 aliphatic carbocycles. The molecule has 148 valence electrons. The predicted octanol–water partition coefficient (Wildman–Crippen LogP) is 2.52. The second-order valence-corrected chi connectivity index (χ2v) is 6.98. The Labute approximate surface area is 174 Å². The summed E-state index contributed by atoms with van der Waals surface area (Å²) >= 11 is 3.30. The smallest absolute Gasteiger partial charge is 0.261 e. The molecule has 0 bridgehead atoms. The molecular formula is C19H17BrN6O3. The molecule has 3 aromatic rings. The summed E-state index contributed by atoms with van der Waals surface area (Å²) < 4.78 is 2.16. The van der Waals surface area contributed by atoms with Gasteiger partial charge in [-0.15, -0.1) is 5.10 Å². The van der Waals surface area contributed by atoms with Crippen LogP contribution in [0.2, 0.25) is 0 Å². The number of aromatic hydroxyl groups is 1. The molecule has 2 aromatic carbocycles. The molecule has 0 spiro atoms. The molecule has 9 nitrogen and oxygen atoms in total. The Balaban J connectivity index is 1.61. The number of hydrogen-bond donors (Lipinski definition) is 3. The number of carbonyl (C=O) groups excluding carboxylic acids is 2. The summed E-state index contributed by atoms with van der Waals surface area (Å²) in [5, 5.41) is 24.3. The first kappa shape index (κ1) is 20.2. The highest BCUT2D eigenvalue weighted by Crippen LogP contribution is 2.21. The van der Waals surface area contributed by atoms with Gasteiger partial charge >= 0.3 is 0 Å². The number of amides is 2. The summed E-state index contributed by atoms with van der Waals surface area (Å²) in [6, 6.07) is 12.0. The fourth-order valence-corrected chi connectivity index (χ4v) is 2.83. The number of anilines is 1. The van der Waals surface area contributed by atoms with Gasteiger partial charge in [-0.1, -0.05) is 33.3 Å². The quantitative estimate of drug-likeness (QED) is 0.388. The van der Waals surface area contributed by atoms with Gasteiger partial charge in [-0.2, -0.15) is 5.10 Å². The maximum absolute atomic E-state index is 12.0. The highest BCUT2D eigenvalue weighted by atomic mass is 79.9. The van der Waals surface area contributed by atoms with Gasteiger partial charge in [0.05, 0.1) is 12.4 Å². The number of benzene rings is 2. The van der Waals surface area contributed by atoms with E-state index in [4.69, 9.17) is 0 Å². The van der Waals surface area contributed by atoms with Gasteiger partial charge in [0.15, 0.2) is 0 Å². The van der Waals surface area contributed by atoms with Crippen LogP contribution in [0.4, 0.5) is 5.69 Å². The first-order valence-electron chi connectivity index (χ1n) is 8.49. The summed E-state index contributed by atoms with van der Waals surface area (Å²) in [5.74, 6) is -0.521. The summed E-state index contributed by atoms with van der Waals surface area (Å²) in [6.45, 7) is 1.35. The minimum atomic E-state index is -0.404. The summed E-state index contributed by atoms with van der Waals surface area (Å²) in [5.41, 5.74) is 4.80. The standard InChI is InChI=1S/C19H17BrN6O3/c1-12(27)22-16-4-2-3-13(8-16)17-10-26(25-23-17)11-19(29)24-21-9-14-7-15(20)5-6-18(14)28/h2-10,28H,11H2,1H3,(H,22,27)(H,24,29). The number of hydrogen-bond acceptors (Lipinski definition) is 6. The minimum absolute atomic E-state index is 0.0496. The van der Waals surface area contributed by atoms with Crippen molar-refractivity contribution in [3.63, 3.8) is 0 Å². The minimum Gasteiger partial charge on any atom is -0.507 e. The fourth-order valence-electron chi connectivity index (χ4n) is 2.45. The van der Waals surface area contributed by atoms with Crippen molar-refractivity contribution in [2.75, 3.05) is 5.32 Å². The predicted molar refractivity (Wildman–Crippen MR) is 111 cm³/mol. The zero-order valence-electron chi connectivity index (χ0n) is 15.3. The highest BCUT2D eigenvalue weighted by Gasteiger charge is 2.08. The molecule has 0 unspecified atom stereocenters. The monoisotopic (exact) mass is 456 g/mol. The number of nitrogens with zero attached hydrogens (tertiary/aromatic N) is 4. The van der Waals surface area contributed by atoms with E-state index >= 15 is 0 Å². The second-order valence-electron chi connectivity index (χ2n) is 6.06. The van der Waals surface area contributed by atoms with Crippen LogP contribution in [-0.4, -0.2) is 38.1 Å². The summed E-state index contributed by atoms with van der Waals surface area (Å²) in [7, 11) is 0. The number of phenols is 1. The molecule has 0 aliphatic heterocycles. The number of phenolic OH excluding ortho intramolecular Hbond substituents is 1. The molecule has 29 heavy (non-hydrogen) atoms. The van der Waals surface area contributed by atoms with Gasteiger partial charge < -0.3 is 10.4 Å². The van der Waals surface area contributed by atoms with E-state index in [0.29, 0.717) is 16.9 Å². The lowest BCUT2D eigenvalue weighted by Gasteiger charge is -2.03. The van der Waals surface area contributed by atoms with Crippen LogP contribution in [0.1, 0.15) is 12.5 Å². The van der Waals surface area contributed by atoms with Crippen LogP contribution in [0, 0.1) is 0 Å². The van der Waals surface area contributed by atoms with Crippen molar-refractivity contribution in [2.24, 2.45) is 5.10 Å². The van der Waals surface area contributed by atoms with Gasteiger partial charge in [-0.05, 0) is 30.3 Å². The van der Waals surface area contributed by atoms with E-state index in [1.54, 1.807) is 36.5 Å². The number of nitrogens with one attached hydrogen (secondary N) is 2. The molecule has 0 aliphatic rings. The van der Waals surface area contributed by atoms with Crippen LogP contribution in [-0.2, 0) is 16.1 Å². The number of aromatic nitrogens is 3. The lowest BCUT2D eigenvalue weighted by molar-refractivity contribution is -0.121. The summed E-state index contributed by atoms with van der Waals surface area (Å²) in [6.07, 6.45) is 2.97. The Kier molecular flexibility index (Phi) is 6.35. The van der Waals surface area contributed by atoms with Crippen molar-refractivity contribution in [1.29, 1.82) is 0 Å². The lowest BCUT2D eigenvalue weighted by atomic mass is 10.1. The van der Waals surface area contributed by atoms with E-state index in [-0.39, 0.29) is 18.2 Å². The van der Waals surface area contributed by atoms with E-state index < -0.39 is 5.91 Å². The van der Waals surface area contributed by atoms with E-state index in [1.807, 2.05) is 6.07 Å². The highest BCUT2D eigenvalue weighted by molar-refractivity contribution is 9.10. The van der Waals surface area contributed by atoms with Crippen molar-refractivity contribution < 1.29 is 14.7 Å². The van der Waals surface area contributed by atoms with Gasteiger partial charge in [-0.25, -0.2) is 10.1 Å². The molecule has 1 aromatic heterocycles. The van der Waals surface area contributed by atoms with E-state index in [0.717, 1.165) is 10.0 Å². The number of rotatable bonds is 6. The van der Waals surface area contributed by atoms with Gasteiger partial charge in [0.1, 0.15) is 18.0 Å². The van der Waals surface area contributed by atoms with Gasteiger partial charge in [0.25, 0.3) is 5.91 Å². The number of carbonyl (C=O) groups is 2. The van der Waals surface area contributed by atoms with Crippen LogP contribution >= 0.6 is 15.9 Å². The van der Waals surface area contributed by atoms with Crippen molar-refractivity contribution in [3.8, 4) is 17.0 Å². The Morgan fingerprint density at radius 1 is 1.28 bits per heavy atom. The third kappa shape index (κ3) is 5.72. The Morgan fingerprint density at radius 3 is 2.90 bits per heavy atom. The molecular weight excluding hydrogens is 440 g/mol. The van der Waals surface area contributed by atoms with Crippen LogP contribution in [0.5, 0.6) is 5.75 Å². The fraction of sp³-hybridized carbons (Fsp3) is 0.105. The van der Waals surface area contributed by atoms with Gasteiger partial charge in [0, 0.05) is 28.2 Å². The van der Waals surface area contributed by atoms with Crippen LogP contribution in [0.15, 0.2) is 58.2 Å². The molecule has 0 fully saturated rings. The molecule has 1 heterocycles. The largest absolute Gasteiger partial charge is 0.507 e. The molecule has 0 atom stereocenters. The maximum atomic E-state index is 12.0. The average molecular weight is 457 g/mol. The van der Waals surface area contributed by atoms with Crippen LogP contribution < -0.4 is 10.7 Å². The topological polar surface area (TPSA) is 122 Å². The molecule has 0 saturated heterocycles. The summed E-state index contributed by atoms with van der Waals surface area (Å²) in [4.78, 5) is 23.2. The molecule has 10 heteroatoms. The first-order valence-corrected chi connectivity index (χ1v) is 9.28. The zero-order chi connectivity index (χ0) is 20.8. The molecule has 0 radical (unpaired) electrons. The van der Waals surface area contributed by atoms with Crippen molar-refractivity contribution in [3.05, 3.63) is 58.7 Å². The van der Waals surface area contributed by atoms with Gasteiger partial charge in [0.2, 0.25) is 5.91 Å². The normalized spacial score (nSPS) is 10.8. The Bertz CT molecular complexity index is 1080. The van der Waals surface area contributed by atoms with Crippen molar-refractivity contribution >= 4 is 39.6 Å². The van der Waals surface area contributed by atoms with E-state index in [2.05, 4.69) is 42.1 Å². The number of hydrazone groups is 1.